The predicted octanol–water partition coefficient (Wildman–Crippen LogP) is 5.71. The number of hydrogen-bond acceptors (Lipinski definition) is 9. The number of amides is 2. The van der Waals surface area contributed by atoms with Gasteiger partial charge >= 0.3 is 6.03 Å². The second-order valence-electron chi connectivity index (χ2n) is 12.7. The minimum Gasteiger partial charge on any atom is -0.481 e. The molecule has 0 saturated heterocycles. The van der Waals surface area contributed by atoms with Gasteiger partial charge in [-0.05, 0) is 68.1 Å². The first-order chi connectivity index (χ1) is 24.7. The molecule has 51 heavy (non-hydrogen) atoms. The first-order valence-electron chi connectivity index (χ1n) is 17.0. The fourth-order valence-corrected chi connectivity index (χ4v) is 7.30. The zero-order valence-electron chi connectivity index (χ0n) is 29.5. The van der Waals surface area contributed by atoms with Crippen LogP contribution < -0.4 is 20.9 Å². The average molecular weight is 711 g/mol. The van der Waals surface area contributed by atoms with Crippen LogP contribution >= 0.6 is 11.6 Å². The van der Waals surface area contributed by atoms with Crippen molar-refractivity contribution in [3.8, 4) is 28.3 Å². The highest BCUT2D eigenvalue weighted by Crippen LogP contribution is 2.44. The minimum atomic E-state index is -0.230. The third-order valence-electron chi connectivity index (χ3n) is 9.68. The van der Waals surface area contributed by atoms with E-state index in [4.69, 9.17) is 21.3 Å². The molecule has 3 N–H and O–H groups in total. The largest absolute Gasteiger partial charge is 0.481 e. The number of nitrogens with one attached hydrogen (secondary N) is 2. The lowest BCUT2D eigenvalue weighted by atomic mass is 9.96. The Morgan fingerprint density at radius 1 is 1.12 bits per heavy atom. The van der Waals surface area contributed by atoms with Gasteiger partial charge < -0.3 is 25.4 Å². The average Bonchev–Trinajstić information content (AvgIpc) is 3.57. The highest BCUT2D eigenvalue weighted by atomic mass is 35.5. The molecule has 0 bridgehead atoms. The van der Waals surface area contributed by atoms with Crippen LogP contribution in [0.3, 0.4) is 0 Å². The first-order valence-corrected chi connectivity index (χ1v) is 17.4. The van der Waals surface area contributed by atoms with Crippen LogP contribution in [0.4, 0.5) is 16.3 Å². The normalized spacial score (nSPS) is 13.8. The number of aryl methyl sites for hydroxylation is 2. The number of ether oxygens (including phenoxy) is 1. The quantitative estimate of drug-likeness (QED) is 0.149. The van der Waals surface area contributed by atoms with Crippen LogP contribution in [0, 0.1) is 6.92 Å². The molecule has 1 aliphatic rings. The summed E-state index contributed by atoms with van der Waals surface area (Å²) in [4.78, 5) is 38.5. The number of hydrogen-bond donors (Lipinski definition) is 3. The maximum Gasteiger partial charge on any atom is 0.317 e. The Kier molecular flexibility index (Phi) is 10.8. The highest BCUT2D eigenvalue weighted by Gasteiger charge is 2.31. The first kappa shape index (κ1) is 35.8. The summed E-state index contributed by atoms with van der Waals surface area (Å²) in [6.45, 7) is 3.54. The number of methoxy groups -OCH3 is 1. The van der Waals surface area contributed by atoms with E-state index in [-0.39, 0.29) is 24.2 Å². The Labute approximate surface area is 302 Å². The third kappa shape index (κ3) is 7.12. The summed E-state index contributed by atoms with van der Waals surface area (Å²) >= 11 is 7.22. The van der Waals surface area contributed by atoms with Crippen molar-refractivity contribution < 1.29 is 14.6 Å². The monoisotopic (exact) mass is 710 g/mol. The molecule has 0 radical (unpaired) electrons. The SMILES string of the molecule is CNC(=O)N(CCO)CCCN(C)C1CCc2cc(-c3cccc(-c4cccc(Nc5nccc6cnn(C)c(=O)c56)c4C)c3Cl)nc(OC)c21. The molecule has 0 saturated carbocycles. The van der Waals surface area contributed by atoms with Crippen LogP contribution in [0.25, 0.3) is 33.2 Å². The van der Waals surface area contributed by atoms with Crippen LogP contribution in [0.1, 0.15) is 35.6 Å². The van der Waals surface area contributed by atoms with Crippen LogP contribution in [0.2, 0.25) is 5.02 Å². The minimum absolute atomic E-state index is 0.0776. The highest BCUT2D eigenvalue weighted by molar-refractivity contribution is 6.36. The van der Waals surface area contributed by atoms with Crippen molar-refractivity contribution in [2.75, 3.05) is 52.8 Å². The van der Waals surface area contributed by atoms with Crippen LogP contribution in [-0.4, -0.2) is 88.1 Å². The Balaban J connectivity index is 1.27. The van der Waals surface area contributed by atoms with Crippen molar-refractivity contribution >= 4 is 39.9 Å². The molecule has 0 fully saturated rings. The number of fused-ring (bicyclic) bond motifs is 2. The summed E-state index contributed by atoms with van der Waals surface area (Å²) in [7, 11) is 6.95. The van der Waals surface area contributed by atoms with E-state index < -0.39 is 0 Å². The molecule has 0 aliphatic heterocycles. The van der Waals surface area contributed by atoms with Gasteiger partial charge in [0.2, 0.25) is 5.88 Å². The number of pyridine rings is 2. The van der Waals surface area contributed by atoms with Crippen molar-refractivity contribution in [3.63, 3.8) is 0 Å². The van der Waals surface area contributed by atoms with Gasteiger partial charge in [0, 0.05) is 73.7 Å². The Morgan fingerprint density at radius 3 is 2.65 bits per heavy atom. The van der Waals surface area contributed by atoms with Gasteiger partial charge in [-0.25, -0.2) is 19.4 Å². The Bertz CT molecular complexity index is 2140. The number of urea groups is 1. The second kappa shape index (κ2) is 15.5. The van der Waals surface area contributed by atoms with E-state index in [2.05, 4.69) is 38.7 Å². The molecule has 0 spiro atoms. The zero-order valence-corrected chi connectivity index (χ0v) is 30.3. The number of nitrogens with zero attached hydrogens (tertiary/aromatic N) is 6. The van der Waals surface area contributed by atoms with Crippen LogP contribution in [-0.2, 0) is 13.5 Å². The van der Waals surface area contributed by atoms with Gasteiger partial charge in [-0.2, -0.15) is 5.10 Å². The van der Waals surface area contributed by atoms with Gasteiger partial charge in [0.15, 0.2) is 0 Å². The van der Waals surface area contributed by atoms with Gasteiger partial charge in [-0.15, -0.1) is 0 Å². The molecule has 3 heterocycles. The summed E-state index contributed by atoms with van der Waals surface area (Å²) < 4.78 is 7.20. The van der Waals surface area contributed by atoms with Crippen molar-refractivity contribution in [1.29, 1.82) is 0 Å². The molecule has 5 aromatic rings. The summed E-state index contributed by atoms with van der Waals surface area (Å²) in [6.07, 6.45) is 5.87. The zero-order chi connectivity index (χ0) is 36.2. The number of carbonyl (C=O) groups is 1. The van der Waals surface area contributed by atoms with Gasteiger partial charge in [0.25, 0.3) is 5.56 Å². The van der Waals surface area contributed by atoms with E-state index in [1.165, 1.54) is 10.2 Å². The number of aliphatic hydroxyl groups is 1. The molecular weight excluding hydrogens is 668 g/mol. The molecule has 1 atom stereocenters. The van der Waals surface area contributed by atoms with Crippen LogP contribution in [0.15, 0.2) is 65.7 Å². The van der Waals surface area contributed by atoms with Crippen molar-refractivity contribution in [3.05, 3.63) is 93.0 Å². The molecule has 13 heteroatoms. The van der Waals surface area contributed by atoms with E-state index in [1.54, 1.807) is 44.6 Å². The number of anilines is 2. The smallest absolute Gasteiger partial charge is 0.317 e. The Hall–Kier alpha value is -5.04. The number of aliphatic hydroxyl groups excluding tert-OH is 1. The predicted molar refractivity (Wildman–Crippen MR) is 201 cm³/mol. The number of rotatable bonds is 12. The van der Waals surface area contributed by atoms with E-state index in [0.717, 1.165) is 65.0 Å². The molecule has 2 amide bonds. The maximum atomic E-state index is 13.0. The molecule has 6 rings (SSSR count). The molecule has 266 valence electrons. The third-order valence-corrected chi connectivity index (χ3v) is 10.1. The molecule has 1 aliphatic carbocycles. The van der Waals surface area contributed by atoms with Crippen molar-refractivity contribution in [2.24, 2.45) is 7.05 Å². The summed E-state index contributed by atoms with van der Waals surface area (Å²) in [5, 5.41) is 21.3. The molecule has 2 aromatic carbocycles. The maximum absolute atomic E-state index is 13.0. The number of benzene rings is 2. The van der Waals surface area contributed by atoms with E-state index in [1.807, 2.05) is 43.3 Å². The van der Waals surface area contributed by atoms with Gasteiger partial charge in [-0.1, -0.05) is 41.9 Å². The lowest BCUT2D eigenvalue weighted by Gasteiger charge is -2.28. The fourth-order valence-electron chi connectivity index (χ4n) is 6.97. The molecule has 1 unspecified atom stereocenters. The van der Waals surface area contributed by atoms with E-state index in [0.29, 0.717) is 40.6 Å². The fraction of sp³-hybridized carbons (Fsp3) is 0.342. The summed E-state index contributed by atoms with van der Waals surface area (Å²) in [5.41, 5.74) is 7.10. The molecular formula is C38H43ClN8O4. The van der Waals surface area contributed by atoms with Gasteiger partial charge in [-0.3, -0.25) is 9.69 Å². The number of aromatic nitrogens is 4. The summed E-state index contributed by atoms with van der Waals surface area (Å²) in [6, 6.07) is 15.7. The molecule has 3 aromatic heterocycles. The van der Waals surface area contributed by atoms with Crippen molar-refractivity contribution in [1.82, 2.24) is 34.9 Å². The standard InChI is InChI=1S/C38H43ClN8O4/c1-23-26(9-7-12-29(23)43-35-33-25(15-16-41-35)22-42-46(4)37(33)49)27-10-6-11-28(34(27)39)30-21-24-13-14-31(32(24)36(44-30)51-5)45(3)17-8-18-47(19-20-48)38(50)40-2/h6-7,9-12,15-16,21-22,31,48H,8,13-14,17-20H2,1-5H3,(H,40,50)(H,41,43). The second-order valence-corrected chi connectivity index (χ2v) is 13.1. The lowest BCUT2D eigenvalue weighted by Crippen LogP contribution is -2.41. The van der Waals surface area contributed by atoms with Crippen LogP contribution in [0.5, 0.6) is 5.88 Å². The van der Waals surface area contributed by atoms with E-state index in [9.17, 15) is 14.7 Å². The Morgan fingerprint density at radius 2 is 1.88 bits per heavy atom. The number of carbonyl (C=O) groups excluding carboxylic acids is 1. The van der Waals surface area contributed by atoms with Gasteiger partial charge in [0.05, 0.1) is 36.0 Å². The molecule has 12 nitrogen and oxygen atoms in total. The van der Waals surface area contributed by atoms with Gasteiger partial charge in [0.1, 0.15) is 5.82 Å². The summed E-state index contributed by atoms with van der Waals surface area (Å²) in [5.74, 6) is 1.04. The topological polar surface area (TPSA) is 138 Å². The van der Waals surface area contributed by atoms with Crippen molar-refractivity contribution in [2.45, 2.75) is 32.2 Å². The lowest BCUT2D eigenvalue weighted by molar-refractivity contribution is 0.170. The number of halogens is 1. The van der Waals surface area contributed by atoms with E-state index >= 15 is 0 Å².